The molecule has 2 N–H and O–H groups in total. The molecule has 1 aromatic carbocycles. The molecule has 29 heavy (non-hydrogen) atoms. The molecule has 0 saturated carbocycles. The van der Waals surface area contributed by atoms with Crippen LogP contribution in [0.5, 0.6) is 11.5 Å². The summed E-state index contributed by atoms with van der Waals surface area (Å²) in [6.07, 6.45) is 2.01. The molecule has 3 aliphatic rings. The number of amides is 1. The van der Waals surface area contributed by atoms with Crippen LogP contribution in [0.1, 0.15) is 30.0 Å². The molecule has 9 heteroatoms. The van der Waals surface area contributed by atoms with E-state index in [-0.39, 0.29) is 54.8 Å². The van der Waals surface area contributed by atoms with Crippen LogP contribution in [0.15, 0.2) is 12.1 Å². The molecule has 0 radical (unpaired) electrons. The summed E-state index contributed by atoms with van der Waals surface area (Å²) < 4.78 is 24.0. The first-order chi connectivity index (χ1) is 13.0. The monoisotopic (exact) mass is 449 g/mol. The Hall–Kier alpha value is -1.28. The van der Waals surface area contributed by atoms with Gasteiger partial charge in [0.2, 0.25) is 5.91 Å². The van der Waals surface area contributed by atoms with Gasteiger partial charge in [0, 0.05) is 44.1 Å². The zero-order valence-electron chi connectivity index (χ0n) is 16.8. The molecule has 4 atom stereocenters. The van der Waals surface area contributed by atoms with Crippen molar-refractivity contribution in [2.24, 2.45) is 11.7 Å². The molecule has 2 unspecified atom stereocenters. The minimum atomic E-state index is -0.439. The zero-order chi connectivity index (χ0) is 19.1. The van der Waals surface area contributed by atoms with Gasteiger partial charge in [-0.2, -0.15) is 0 Å². The first-order valence-corrected chi connectivity index (χ1v) is 9.65. The molecule has 4 rings (SSSR count). The van der Waals surface area contributed by atoms with Crippen LogP contribution in [-0.4, -0.2) is 68.3 Å². The molecular weight excluding hydrogens is 420 g/mol. The van der Waals surface area contributed by atoms with Crippen molar-refractivity contribution in [3.05, 3.63) is 23.3 Å². The molecule has 3 heterocycles. The lowest BCUT2D eigenvalue weighted by Crippen LogP contribution is -2.60. The van der Waals surface area contributed by atoms with Crippen molar-refractivity contribution in [2.45, 2.75) is 37.4 Å². The van der Waals surface area contributed by atoms with E-state index in [2.05, 4.69) is 17.0 Å². The number of alkyl halides is 1. The molecule has 0 aromatic heterocycles. The summed E-state index contributed by atoms with van der Waals surface area (Å²) in [4.78, 5) is 16.6. The number of rotatable bonds is 4. The number of fused-ring (bicyclic) bond motifs is 3. The SMILES string of the molecule is COc1cc2c(cc1OC)C1C[C@H](N)C(N3C[C@@H](CF)CC3=O)CN1CC2.Cl.Cl. The van der Waals surface area contributed by atoms with Crippen molar-refractivity contribution in [3.8, 4) is 11.5 Å². The Balaban J connectivity index is 0.00000150. The molecule has 1 aromatic rings. The molecule has 6 nitrogen and oxygen atoms in total. The van der Waals surface area contributed by atoms with Crippen LogP contribution in [-0.2, 0) is 11.2 Å². The van der Waals surface area contributed by atoms with Gasteiger partial charge in [0.15, 0.2) is 11.5 Å². The van der Waals surface area contributed by atoms with Crippen LogP contribution in [0.3, 0.4) is 0 Å². The first kappa shape index (κ1) is 24.0. The minimum absolute atomic E-state index is 0. The van der Waals surface area contributed by atoms with Crippen LogP contribution < -0.4 is 15.2 Å². The molecule has 1 amide bonds. The number of piperidine rings is 1. The Morgan fingerprint density at radius 3 is 2.48 bits per heavy atom. The number of carbonyl (C=O) groups is 1. The van der Waals surface area contributed by atoms with Gasteiger partial charge in [-0.15, -0.1) is 24.8 Å². The Morgan fingerprint density at radius 2 is 1.86 bits per heavy atom. The Bertz CT molecular complexity index is 739. The fraction of sp³-hybridized carbons (Fsp3) is 0.650. The number of benzene rings is 1. The van der Waals surface area contributed by atoms with Crippen LogP contribution >= 0.6 is 24.8 Å². The molecule has 2 fully saturated rings. The van der Waals surface area contributed by atoms with Gasteiger partial charge >= 0.3 is 0 Å². The maximum atomic E-state index is 13.0. The molecule has 2 saturated heterocycles. The van der Waals surface area contributed by atoms with Crippen LogP contribution in [0.2, 0.25) is 0 Å². The molecule has 164 valence electrons. The van der Waals surface area contributed by atoms with Gasteiger partial charge < -0.3 is 20.1 Å². The summed E-state index contributed by atoms with van der Waals surface area (Å²) in [5.74, 6) is 1.35. The van der Waals surface area contributed by atoms with Gasteiger partial charge in [0.1, 0.15) is 0 Å². The molecule has 0 aliphatic carbocycles. The second kappa shape index (κ2) is 9.69. The normalized spacial score (nSPS) is 28.7. The van der Waals surface area contributed by atoms with Crippen LogP contribution in [0.25, 0.3) is 0 Å². The summed E-state index contributed by atoms with van der Waals surface area (Å²) in [5, 5.41) is 0. The number of carbonyl (C=O) groups excluding carboxylic acids is 1. The zero-order valence-corrected chi connectivity index (χ0v) is 18.4. The van der Waals surface area contributed by atoms with Crippen molar-refractivity contribution in [1.82, 2.24) is 9.80 Å². The second-order valence-electron chi connectivity index (χ2n) is 7.90. The van der Waals surface area contributed by atoms with Crippen molar-refractivity contribution in [3.63, 3.8) is 0 Å². The fourth-order valence-electron chi connectivity index (χ4n) is 4.93. The number of methoxy groups -OCH3 is 2. The van der Waals surface area contributed by atoms with E-state index in [1.807, 2.05) is 4.90 Å². The Labute approximate surface area is 183 Å². The highest BCUT2D eigenvalue weighted by Crippen LogP contribution is 2.42. The third kappa shape index (κ3) is 4.29. The van der Waals surface area contributed by atoms with Crippen molar-refractivity contribution < 1.29 is 18.7 Å². The molecule has 0 spiro atoms. The number of ether oxygens (including phenoxy) is 2. The standard InChI is InChI=1S/C20H28FN3O3.2ClH/c1-26-18-6-13-3-4-23-11-17(24-10-12(9-21)5-20(24)25)15(22)8-16(23)14(13)7-19(18)27-2;;/h6-7,12,15-17H,3-5,8-11,22H2,1-2H3;2*1H/t12-,15+,16?,17?;;/m1../s1. The summed E-state index contributed by atoms with van der Waals surface area (Å²) in [5.41, 5.74) is 9.04. The quantitative estimate of drug-likeness (QED) is 0.763. The highest BCUT2D eigenvalue weighted by molar-refractivity contribution is 5.85. The van der Waals surface area contributed by atoms with Crippen molar-refractivity contribution in [2.75, 3.05) is 40.5 Å². The summed E-state index contributed by atoms with van der Waals surface area (Å²) in [6, 6.07) is 4.20. The number of hydrogen-bond acceptors (Lipinski definition) is 5. The largest absolute Gasteiger partial charge is 0.493 e. The highest BCUT2D eigenvalue weighted by Gasteiger charge is 2.44. The topological polar surface area (TPSA) is 68.0 Å². The van der Waals surface area contributed by atoms with Gasteiger partial charge in [0.25, 0.3) is 0 Å². The average Bonchev–Trinajstić information content (AvgIpc) is 3.06. The smallest absolute Gasteiger partial charge is 0.223 e. The summed E-state index contributed by atoms with van der Waals surface area (Å²) in [7, 11) is 3.30. The van der Waals surface area contributed by atoms with E-state index in [1.54, 1.807) is 14.2 Å². The van der Waals surface area contributed by atoms with E-state index in [4.69, 9.17) is 15.2 Å². The van der Waals surface area contributed by atoms with Gasteiger partial charge in [-0.25, -0.2) is 0 Å². The van der Waals surface area contributed by atoms with E-state index in [0.29, 0.717) is 13.0 Å². The molecule has 0 bridgehead atoms. The van der Waals surface area contributed by atoms with Crippen LogP contribution in [0, 0.1) is 5.92 Å². The second-order valence-corrected chi connectivity index (χ2v) is 7.90. The maximum absolute atomic E-state index is 13.0. The third-order valence-corrected chi connectivity index (χ3v) is 6.38. The number of nitrogens with two attached hydrogens (primary N) is 1. The minimum Gasteiger partial charge on any atom is -0.493 e. The number of halogens is 3. The van der Waals surface area contributed by atoms with E-state index >= 15 is 0 Å². The van der Waals surface area contributed by atoms with E-state index in [0.717, 1.165) is 37.4 Å². The predicted molar refractivity (Wildman–Crippen MR) is 114 cm³/mol. The maximum Gasteiger partial charge on any atom is 0.223 e. The third-order valence-electron chi connectivity index (χ3n) is 6.38. The van der Waals surface area contributed by atoms with Gasteiger partial charge in [0.05, 0.1) is 26.9 Å². The Kier molecular flexibility index (Phi) is 8.01. The lowest BCUT2D eigenvalue weighted by molar-refractivity contribution is -0.131. The van der Waals surface area contributed by atoms with E-state index < -0.39 is 6.67 Å². The number of hydrogen-bond donors (Lipinski definition) is 1. The fourth-order valence-corrected chi connectivity index (χ4v) is 4.93. The number of nitrogens with zero attached hydrogens (tertiary/aromatic N) is 2. The van der Waals surface area contributed by atoms with Gasteiger partial charge in [-0.05, 0) is 36.1 Å². The van der Waals surface area contributed by atoms with Crippen molar-refractivity contribution in [1.29, 1.82) is 0 Å². The van der Waals surface area contributed by atoms with E-state index in [9.17, 15) is 9.18 Å². The number of likely N-dealkylation sites (tertiary alicyclic amines) is 1. The predicted octanol–water partition coefficient (Wildman–Crippen LogP) is 2.36. The summed E-state index contributed by atoms with van der Waals surface area (Å²) in [6.45, 7) is 1.72. The van der Waals surface area contributed by atoms with Gasteiger partial charge in [-0.3, -0.25) is 14.1 Å². The molecule has 3 aliphatic heterocycles. The molecular formula is C20H30Cl2FN3O3. The lowest BCUT2D eigenvalue weighted by atomic mass is 9.83. The van der Waals surface area contributed by atoms with Crippen LogP contribution in [0.4, 0.5) is 4.39 Å². The van der Waals surface area contributed by atoms with E-state index in [1.165, 1.54) is 11.1 Å². The lowest BCUT2D eigenvalue weighted by Gasteiger charge is -2.48. The highest BCUT2D eigenvalue weighted by atomic mass is 35.5. The van der Waals surface area contributed by atoms with Crippen molar-refractivity contribution >= 4 is 30.7 Å². The summed E-state index contributed by atoms with van der Waals surface area (Å²) >= 11 is 0. The average molecular weight is 450 g/mol. The Morgan fingerprint density at radius 1 is 1.17 bits per heavy atom. The van der Waals surface area contributed by atoms with Gasteiger partial charge in [-0.1, -0.05) is 0 Å². The first-order valence-electron chi connectivity index (χ1n) is 9.65.